The van der Waals surface area contributed by atoms with Crippen molar-refractivity contribution in [3.8, 4) is 0 Å². The third-order valence-corrected chi connectivity index (χ3v) is 1.20. The summed E-state index contributed by atoms with van der Waals surface area (Å²) in [6.45, 7) is 3.76. The van der Waals surface area contributed by atoms with Gasteiger partial charge in [-0.1, -0.05) is 0 Å². The van der Waals surface area contributed by atoms with E-state index in [1.807, 2.05) is 0 Å². The van der Waals surface area contributed by atoms with Gasteiger partial charge >= 0.3 is 0 Å². The van der Waals surface area contributed by atoms with Crippen molar-refractivity contribution in [1.82, 2.24) is 5.32 Å². The van der Waals surface area contributed by atoms with Crippen LogP contribution < -0.4 is 5.32 Å². The maximum atomic E-state index is 10.6. The first-order valence-electron chi connectivity index (χ1n) is 2.82. The minimum atomic E-state index is -0.662. The van der Waals surface area contributed by atoms with Gasteiger partial charge in [-0.05, 0) is 6.58 Å². The minimum absolute atomic E-state index is 0.255. The predicted molar refractivity (Wildman–Crippen MR) is 33.1 cm³/mol. The van der Waals surface area contributed by atoms with Crippen molar-refractivity contribution in [2.24, 2.45) is 0 Å². The lowest BCUT2D eigenvalue weighted by Crippen LogP contribution is -2.25. The molecule has 1 unspecified atom stereocenters. The molecule has 1 atom stereocenters. The highest BCUT2D eigenvalue weighted by Crippen LogP contribution is 2.05. The number of Topliss-reactive ketones (excluding diaryl/α,β-unsaturated/α-hetero) is 1. The van der Waals surface area contributed by atoms with E-state index in [2.05, 4.69) is 11.9 Å². The molecule has 1 aliphatic rings. The number of ether oxygens (including phenoxy) is 1. The Morgan fingerprint density at radius 2 is 2.60 bits per heavy atom. The highest BCUT2D eigenvalue weighted by atomic mass is 16.5. The number of hydrogen-bond donors (Lipinski definition) is 1. The van der Waals surface area contributed by atoms with Crippen LogP contribution in [0, 0.1) is 0 Å². The largest absolute Gasteiger partial charge is 0.466 e. The zero-order valence-electron chi connectivity index (χ0n) is 5.29. The molecule has 1 aliphatic heterocycles. The van der Waals surface area contributed by atoms with Gasteiger partial charge in [0, 0.05) is 0 Å². The molecule has 0 aromatic carbocycles. The molecule has 4 nitrogen and oxygen atoms in total. The van der Waals surface area contributed by atoms with Crippen molar-refractivity contribution in [2.45, 2.75) is 6.10 Å². The number of ketones is 1. The highest BCUT2D eigenvalue weighted by molar-refractivity contribution is 6.27. The van der Waals surface area contributed by atoms with E-state index in [0.29, 0.717) is 12.4 Å². The molecule has 0 radical (unpaired) electrons. The quantitative estimate of drug-likeness (QED) is 0.404. The summed E-state index contributed by atoms with van der Waals surface area (Å²) in [5.41, 5.74) is 0. The summed E-state index contributed by atoms with van der Waals surface area (Å²) in [7, 11) is 0. The Morgan fingerprint density at radius 1 is 1.90 bits per heavy atom. The molecule has 4 heteroatoms. The molecule has 0 amide bonds. The van der Waals surface area contributed by atoms with Crippen molar-refractivity contribution in [3.63, 3.8) is 0 Å². The Labute approximate surface area is 57.9 Å². The number of carbonyl (C=O) groups is 2. The Kier molecular flexibility index (Phi) is 1.71. The fourth-order valence-corrected chi connectivity index (χ4v) is 0.696. The van der Waals surface area contributed by atoms with Gasteiger partial charge in [0.25, 0.3) is 0 Å². The van der Waals surface area contributed by atoms with E-state index < -0.39 is 11.9 Å². The molecular formula is C6H7NO3. The van der Waals surface area contributed by atoms with Crippen LogP contribution >= 0.6 is 0 Å². The fourth-order valence-electron chi connectivity index (χ4n) is 0.696. The molecule has 0 bridgehead atoms. The van der Waals surface area contributed by atoms with Crippen LogP contribution in [-0.4, -0.2) is 24.7 Å². The molecule has 1 saturated heterocycles. The average molecular weight is 141 g/mol. The van der Waals surface area contributed by atoms with Crippen LogP contribution in [0.1, 0.15) is 0 Å². The summed E-state index contributed by atoms with van der Waals surface area (Å²) in [4.78, 5) is 20.5. The Morgan fingerprint density at radius 3 is 3.00 bits per heavy atom. The van der Waals surface area contributed by atoms with Gasteiger partial charge in [-0.3, -0.25) is 9.59 Å². The molecule has 54 valence electrons. The number of rotatable bonds is 2. The fraction of sp³-hybridized carbons (Fsp3) is 0.333. The van der Waals surface area contributed by atoms with Crippen LogP contribution in [0.3, 0.4) is 0 Å². The molecule has 1 rings (SSSR count). The number of carbonyl (C=O) groups excluding carboxylic acids is 2. The Bertz CT molecular complexity index is 187. The zero-order chi connectivity index (χ0) is 7.56. The smallest absolute Gasteiger partial charge is 0.237 e. The third kappa shape index (κ3) is 1.15. The van der Waals surface area contributed by atoms with Crippen molar-refractivity contribution in [2.75, 3.05) is 6.54 Å². The highest BCUT2D eigenvalue weighted by Gasteiger charge is 2.25. The van der Waals surface area contributed by atoms with Gasteiger partial charge in [0.2, 0.25) is 5.78 Å². The van der Waals surface area contributed by atoms with Gasteiger partial charge in [0.05, 0.1) is 6.54 Å². The molecule has 0 aromatic rings. The van der Waals surface area contributed by atoms with Crippen molar-refractivity contribution in [3.05, 3.63) is 12.5 Å². The molecular weight excluding hydrogens is 134 g/mol. The molecule has 1 fully saturated rings. The SMILES string of the molecule is C=C1NCC(C(=O)C=O)O1. The molecule has 0 aliphatic carbocycles. The zero-order valence-corrected chi connectivity index (χ0v) is 5.29. The van der Waals surface area contributed by atoms with Crippen LogP contribution in [0.15, 0.2) is 12.5 Å². The molecule has 1 N–H and O–H groups in total. The van der Waals surface area contributed by atoms with Crippen molar-refractivity contribution >= 4 is 12.1 Å². The molecule has 0 saturated carbocycles. The molecule has 10 heavy (non-hydrogen) atoms. The van der Waals surface area contributed by atoms with E-state index in [1.165, 1.54) is 0 Å². The summed E-state index contributed by atoms with van der Waals surface area (Å²) in [6.07, 6.45) is -0.407. The van der Waals surface area contributed by atoms with E-state index >= 15 is 0 Å². The second-order valence-electron chi connectivity index (χ2n) is 1.93. The van der Waals surface area contributed by atoms with E-state index in [-0.39, 0.29) is 6.29 Å². The van der Waals surface area contributed by atoms with E-state index in [4.69, 9.17) is 4.74 Å². The minimum Gasteiger partial charge on any atom is -0.466 e. The van der Waals surface area contributed by atoms with Crippen LogP contribution in [0.4, 0.5) is 0 Å². The predicted octanol–water partition coefficient (Wildman–Crippen LogP) is -0.786. The first-order valence-corrected chi connectivity index (χ1v) is 2.82. The summed E-state index contributed by atoms with van der Waals surface area (Å²) >= 11 is 0. The van der Waals surface area contributed by atoms with Crippen molar-refractivity contribution in [1.29, 1.82) is 0 Å². The van der Waals surface area contributed by atoms with Crippen LogP contribution in [0.25, 0.3) is 0 Å². The van der Waals surface area contributed by atoms with Crippen LogP contribution in [0.5, 0.6) is 0 Å². The Hall–Kier alpha value is -1.32. The summed E-state index contributed by atoms with van der Waals surface area (Å²) in [5, 5.41) is 2.69. The van der Waals surface area contributed by atoms with Gasteiger partial charge in [-0.2, -0.15) is 0 Å². The number of nitrogens with one attached hydrogen (secondary N) is 1. The Balaban J connectivity index is 2.52. The first-order chi connectivity index (χ1) is 4.74. The summed E-state index contributed by atoms with van der Waals surface area (Å²) < 4.78 is 4.83. The van der Waals surface area contributed by atoms with Crippen LogP contribution in [-0.2, 0) is 14.3 Å². The molecule has 1 heterocycles. The normalized spacial score (nSPS) is 23.2. The summed E-state index contributed by atoms with van der Waals surface area (Å²) in [6, 6.07) is 0. The van der Waals surface area contributed by atoms with Gasteiger partial charge in [-0.25, -0.2) is 0 Å². The first kappa shape index (κ1) is 6.80. The lowest BCUT2D eigenvalue weighted by atomic mass is 10.2. The lowest BCUT2D eigenvalue weighted by molar-refractivity contribution is -0.134. The second kappa shape index (κ2) is 2.51. The summed E-state index contributed by atoms with van der Waals surface area (Å²) in [5.74, 6) is -0.202. The maximum Gasteiger partial charge on any atom is 0.237 e. The van der Waals surface area contributed by atoms with Gasteiger partial charge in [0.1, 0.15) is 0 Å². The van der Waals surface area contributed by atoms with Gasteiger partial charge in [0.15, 0.2) is 18.3 Å². The number of aldehydes is 1. The molecule has 0 aromatic heterocycles. The van der Waals surface area contributed by atoms with E-state index in [0.717, 1.165) is 0 Å². The average Bonchev–Trinajstić information content (AvgIpc) is 2.34. The van der Waals surface area contributed by atoms with Gasteiger partial charge in [-0.15, -0.1) is 0 Å². The maximum absolute atomic E-state index is 10.6. The lowest BCUT2D eigenvalue weighted by Gasteiger charge is -2.00. The number of hydrogen-bond acceptors (Lipinski definition) is 4. The second-order valence-corrected chi connectivity index (χ2v) is 1.93. The third-order valence-electron chi connectivity index (χ3n) is 1.20. The monoisotopic (exact) mass is 141 g/mol. The van der Waals surface area contributed by atoms with E-state index in [9.17, 15) is 9.59 Å². The van der Waals surface area contributed by atoms with Gasteiger partial charge < -0.3 is 10.1 Å². The molecule has 0 spiro atoms. The van der Waals surface area contributed by atoms with Crippen LogP contribution in [0.2, 0.25) is 0 Å². The standard InChI is InChI=1S/C6H7NO3/c1-4-7-2-6(10-4)5(9)3-8/h3,6-7H,1-2H2. The van der Waals surface area contributed by atoms with E-state index in [1.54, 1.807) is 0 Å². The van der Waals surface area contributed by atoms with Crippen molar-refractivity contribution < 1.29 is 14.3 Å². The topological polar surface area (TPSA) is 55.4 Å².